The van der Waals surface area contributed by atoms with Crippen LogP contribution in [0.4, 0.5) is 0 Å². The van der Waals surface area contributed by atoms with Crippen LogP contribution in [0.2, 0.25) is 0 Å². The normalized spacial score (nSPS) is 12.1. The summed E-state index contributed by atoms with van der Waals surface area (Å²) in [5.74, 6) is 1.37. The molecule has 0 saturated carbocycles. The van der Waals surface area contributed by atoms with Crippen LogP contribution in [0.5, 0.6) is 5.75 Å². The van der Waals surface area contributed by atoms with Gasteiger partial charge in [-0.05, 0) is 51.0 Å². The minimum absolute atomic E-state index is 0. The molecule has 0 atom stereocenters. The lowest BCUT2D eigenvalue weighted by molar-refractivity contribution is 0.408. The molecule has 2 rings (SSSR count). The first-order valence-corrected chi connectivity index (χ1v) is 11.2. The van der Waals surface area contributed by atoms with E-state index in [1.54, 1.807) is 32.4 Å². The molecule has 0 saturated heterocycles. The third kappa shape index (κ3) is 8.30. The fourth-order valence-corrected chi connectivity index (χ4v) is 4.61. The van der Waals surface area contributed by atoms with Gasteiger partial charge >= 0.3 is 0 Å². The molecular formula is C22H33IN4O3S. The molecule has 0 heterocycles. The van der Waals surface area contributed by atoms with Crippen molar-refractivity contribution in [2.75, 3.05) is 14.2 Å². The molecule has 31 heavy (non-hydrogen) atoms. The molecule has 3 N–H and O–H groups in total. The van der Waals surface area contributed by atoms with E-state index in [1.165, 1.54) is 0 Å². The van der Waals surface area contributed by atoms with Gasteiger partial charge in [-0.1, -0.05) is 30.3 Å². The van der Waals surface area contributed by atoms with Crippen molar-refractivity contribution in [3.05, 3.63) is 59.2 Å². The van der Waals surface area contributed by atoms with Gasteiger partial charge in [-0.15, -0.1) is 24.0 Å². The number of rotatable bonds is 7. The number of hydrogen-bond donors (Lipinski definition) is 3. The van der Waals surface area contributed by atoms with Gasteiger partial charge in [0.25, 0.3) is 0 Å². The molecule has 0 spiro atoms. The van der Waals surface area contributed by atoms with Crippen molar-refractivity contribution in [2.24, 2.45) is 4.99 Å². The van der Waals surface area contributed by atoms with Crippen molar-refractivity contribution in [2.45, 2.75) is 51.2 Å². The summed E-state index contributed by atoms with van der Waals surface area (Å²) in [5, 5.41) is 6.43. The largest absolute Gasteiger partial charge is 0.496 e. The highest BCUT2D eigenvalue weighted by atomic mass is 127. The van der Waals surface area contributed by atoms with E-state index < -0.39 is 15.6 Å². The van der Waals surface area contributed by atoms with Gasteiger partial charge in [0.1, 0.15) is 5.75 Å². The number of methoxy groups -OCH3 is 1. The minimum Gasteiger partial charge on any atom is -0.496 e. The zero-order valence-corrected chi connectivity index (χ0v) is 22.1. The second-order valence-electron chi connectivity index (χ2n) is 8.06. The first-order valence-electron chi connectivity index (χ1n) is 9.75. The number of nitrogens with zero attached hydrogens (tertiary/aromatic N) is 1. The SMILES string of the molecule is CN=C(NCc1ccc(C)cc1OC)NCc1ccccc1S(=O)(=O)NC(C)(C)C.I. The summed E-state index contributed by atoms with van der Waals surface area (Å²) < 4.78 is 33.7. The Morgan fingerprint density at radius 2 is 1.65 bits per heavy atom. The molecule has 0 bridgehead atoms. The zero-order chi connectivity index (χ0) is 22.4. The van der Waals surface area contributed by atoms with Crippen LogP contribution in [0.15, 0.2) is 52.4 Å². The summed E-state index contributed by atoms with van der Waals surface area (Å²) in [6.45, 7) is 8.30. The first-order chi connectivity index (χ1) is 14.1. The van der Waals surface area contributed by atoms with Crippen LogP contribution in [0.1, 0.15) is 37.5 Å². The number of benzene rings is 2. The lowest BCUT2D eigenvalue weighted by Gasteiger charge is -2.22. The molecule has 2 aromatic carbocycles. The van der Waals surface area contributed by atoms with Gasteiger partial charge in [0.2, 0.25) is 10.0 Å². The number of halogens is 1. The average Bonchev–Trinajstić information content (AvgIpc) is 2.67. The lowest BCUT2D eigenvalue weighted by Crippen LogP contribution is -2.41. The van der Waals surface area contributed by atoms with Crippen LogP contribution in [-0.2, 0) is 23.1 Å². The maximum absolute atomic E-state index is 12.8. The second kappa shape index (κ2) is 11.7. The standard InChI is InChI=1S/C22H32N4O3S.HI/c1-16-11-12-17(19(13-16)29-6)14-24-21(23-5)25-15-18-9-7-8-10-20(18)30(27,28)26-22(2,3)4;/h7-13,26H,14-15H2,1-6H3,(H2,23,24,25);1H. The monoisotopic (exact) mass is 560 g/mol. The van der Waals surface area contributed by atoms with Crippen LogP contribution >= 0.6 is 24.0 Å². The molecule has 7 nitrogen and oxygen atoms in total. The van der Waals surface area contributed by atoms with Crippen LogP contribution in [0.25, 0.3) is 0 Å². The Kier molecular flexibility index (Phi) is 10.2. The molecule has 172 valence electrons. The van der Waals surface area contributed by atoms with Crippen LogP contribution in [0.3, 0.4) is 0 Å². The van der Waals surface area contributed by atoms with Gasteiger partial charge in [0.05, 0.1) is 12.0 Å². The van der Waals surface area contributed by atoms with Crippen LogP contribution in [0, 0.1) is 6.92 Å². The third-order valence-electron chi connectivity index (χ3n) is 4.26. The fourth-order valence-electron chi connectivity index (χ4n) is 2.95. The molecule has 9 heteroatoms. The Morgan fingerprint density at radius 1 is 1.03 bits per heavy atom. The summed E-state index contributed by atoms with van der Waals surface area (Å²) >= 11 is 0. The van der Waals surface area contributed by atoms with E-state index >= 15 is 0 Å². The van der Waals surface area contributed by atoms with E-state index in [0.29, 0.717) is 24.6 Å². The number of nitrogens with one attached hydrogen (secondary N) is 3. The number of ether oxygens (including phenoxy) is 1. The molecule has 2 aromatic rings. The molecule has 0 aromatic heterocycles. The Bertz CT molecular complexity index is 1000. The van der Waals surface area contributed by atoms with E-state index in [1.807, 2.05) is 52.0 Å². The molecule has 0 amide bonds. The number of sulfonamides is 1. The van der Waals surface area contributed by atoms with E-state index in [2.05, 4.69) is 20.3 Å². The van der Waals surface area contributed by atoms with Crippen molar-refractivity contribution in [3.63, 3.8) is 0 Å². The highest BCUT2D eigenvalue weighted by Gasteiger charge is 2.24. The quantitative estimate of drug-likeness (QED) is 0.274. The summed E-state index contributed by atoms with van der Waals surface area (Å²) in [4.78, 5) is 4.48. The summed E-state index contributed by atoms with van der Waals surface area (Å²) in [6.07, 6.45) is 0. The van der Waals surface area contributed by atoms with Gasteiger partial charge in [0, 0.05) is 31.2 Å². The molecule has 0 aliphatic rings. The van der Waals surface area contributed by atoms with E-state index in [0.717, 1.165) is 16.9 Å². The van der Waals surface area contributed by atoms with Gasteiger partial charge in [-0.25, -0.2) is 13.1 Å². The molecule has 0 aliphatic heterocycles. The van der Waals surface area contributed by atoms with Crippen molar-refractivity contribution in [1.82, 2.24) is 15.4 Å². The van der Waals surface area contributed by atoms with Crippen molar-refractivity contribution >= 4 is 40.0 Å². The summed E-state index contributed by atoms with van der Waals surface area (Å²) in [5.41, 5.74) is 2.22. The van der Waals surface area contributed by atoms with E-state index in [9.17, 15) is 8.42 Å². The zero-order valence-electron chi connectivity index (χ0n) is 18.9. The van der Waals surface area contributed by atoms with Crippen molar-refractivity contribution < 1.29 is 13.2 Å². The molecule has 0 aliphatic carbocycles. The first kappa shape index (κ1) is 27.2. The summed E-state index contributed by atoms with van der Waals surface area (Å²) in [6, 6.07) is 13.0. The summed E-state index contributed by atoms with van der Waals surface area (Å²) in [7, 11) is -0.319. The number of aryl methyl sites for hydroxylation is 1. The third-order valence-corrected chi connectivity index (χ3v) is 6.12. The Morgan fingerprint density at radius 3 is 2.23 bits per heavy atom. The number of hydrogen-bond acceptors (Lipinski definition) is 4. The second-order valence-corrected chi connectivity index (χ2v) is 9.71. The maximum atomic E-state index is 12.8. The fraction of sp³-hybridized carbons (Fsp3) is 0.409. The van der Waals surface area contributed by atoms with Crippen LogP contribution in [-0.4, -0.2) is 34.1 Å². The van der Waals surface area contributed by atoms with E-state index in [-0.39, 0.29) is 28.9 Å². The van der Waals surface area contributed by atoms with Gasteiger partial charge < -0.3 is 15.4 Å². The predicted molar refractivity (Wildman–Crippen MR) is 137 cm³/mol. The van der Waals surface area contributed by atoms with E-state index in [4.69, 9.17) is 4.74 Å². The molecule has 0 radical (unpaired) electrons. The Labute approximate surface area is 203 Å². The number of guanidine groups is 1. The Balaban J connectivity index is 0.00000480. The smallest absolute Gasteiger partial charge is 0.241 e. The Hall–Kier alpha value is -1.85. The minimum atomic E-state index is -3.64. The molecule has 0 fully saturated rings. The maximum Gasteiger partial charge on any atom is 0.241 e. The van der Waals surface area contributed by atoms with Gasteiger partial charge in [-0.2, -0.15) is 0 Å². The van der Waals surface area contributed by atoms with Crippen molar-refractivity contribution in [3.8, 4) is 5.75 Å². The molecular weight excluding hydrogens is 527 g/mol. The van der Waals surface area contributed by atoms with Gasteiger partial charge in [0.15, 0.2) is 5.96 Å². The topological polar surface area (TPSA) is 91.8 Å². The lowest BCUT2D eigenvalue weighted by atomic mass is 10.1. The highest BCUT2D eigenvalue weighted by molar-refractivity contribution is 14.0. The molecule has 0 unspecified atom stereocenters. The number of aliphatic imine (C=N–C) groups is 1. The van der Waals surface area contributed by atoms with Crippen LogP contribution < -0.4 is 20.1 Å². The highest BCUT2D eigenvalue weighted by Crippen LogP contribution is 2.20. The van der Waals surface area contributed by atoms with Gasteiger partial charge in [-0.3, -0.25) is 4.99 Å². The van der Waals surface area contributed by atoms with Crippen molar-refractivity contribution in [1.29, 1.82) is 0 Å². The average molecular weight is 561 g/mol. The predicted octanol–water partition coefficient (Wildman–Crippen LogP) is 3.56.